The minimum absolute atomic E-state index is 0.129. The van der Waals surface area contributed by atoms with Crippen LogP contribution in [0.4, 0.5) is 11.4 Å². The highest BCUT2D eigenvalue weighted by Crippen LogP contribution is 2.30. The largest absolute Gasteiger partial charge is 0.378 e. The number of amides is 1. The van der Waals surface area contributed by atoms with Crippen molar-refractivity contribution in [2.24, 2.45) is 0 Å². The maximum Gasteiger partial charge on any atom is 0.226 e. The summed E-state index contributed by atoms with van der Waals surface area (Å²) < 4.78 is 7.09. The molecule has 1 saturated heterocycles. The number of anilines is 2. The number of para-hydroxylation sites is 1. The fraction of sp³-hybridized carbons (Fsp3) is 0.286. The monoisotopic (exact) mass is 412 g/mol. The molecule has 3 aromatic rings. The molecule has 29 heavy (non-hydrogen) atoms. The lowest BCUT2D eigenvalue weighted by Crippen LogP contribution is -2.36. The van der Waals surface area contributed by atoms with Crippen LogP contribution in [0, 0.1) is 0 Å². The van der Waals surface area contributed by atoms with Crippen molar-refractivity contribution < 1.29 is 9.53 Å². The van der Waals surface area contributed by atoms with Gasteiger partial charge >= 0.3 is 0 Å². The van der Waals surface area contributed by atoms with Crippen molar-refractivity contribution in [2.45, 2.75) is 13.0 Å². The minimum atomic E-state index is -0.147. The highest BCUT2D eigenvalue weighted by atomic mass is 35.5. The summed E-state index contributed by atoms with van der Waals surface area (Å²) in [6.07, 6.45) is 1.50. The molecule has 7 nitrogen and oxygen atoms in total. The van der Waals surface area contributed by atoms with Crippen LogP contribution in [0.15, 0.2) is 53.5 Å². The fourth-order valence-electron chi connectivity index (χ4n) is 3.45. The molecule has 1 amide bonds. The van der Waals surface area contributed by atoms with Crippen molar-refractivity contribution in [1.29, 1.82) is 0 Å². The number of nitrogens with one attached hydrogen (secondary N) is 1. The number of morpholine rings is 1. The summed E-state index contributed by atoms with van der Waals surface area (Å²) >= 11 is 6.15. The number of aryl methyl sites for hydroxylation is 1. The lowest BCUT2D eigenvalue weighted by Gasteiger charge is -2.30. The zero-order valence-electron chi connectivity index (χ0n) is 15.8. The molecule has 150 valence electrons. The van der Waals surface area contributed by atoms with Crippen LogP contribution in [0.3, 0.4) is 0 Å². The number of fused-ring (bicyclic) bond motifs is 1. The average molecular weight is 413 g/mol. The maximum atomic E-state index is 12.6. The van der Waals surface area contributed by atoms with E-state index >= 15 is 0 Å². The Balaban J connectivity index is 1.49. The van der Waals surface area contributed by atoms with E-state index < -0.39 is 0 Å². The molecule has 2 aromatic carbocycles. The zero-order chi connectivity index (χ0) is 20.2. The van der Waals surface area contributed by atoms with E-state index in [1.165, 1.54) is 6.20 Å². The fourth-order valence-corrected chi connectivity index (χ4v) is 3.62. The molecule has 0 aliphatic carbocycles. The molecular formula is C21H21ClN4O3. The number of carbonyl (C=O) groups is 1. The summed E-state index contributed by atoms with van der Waals surface area (Å²) in [5.41, 5.74) is 2.19. The van der Waals surface area contributed by atoms with Gasteiger partial charge in [-0.2, -0.15) is 5.10 Å². The Labute approximate surface area is 172 Å². The van der Waals surface area contributed by atoms with Crippen LogP contribution >= 0.6 is 11.6 Å². The van der Waals surface area contributed by atoms with Crippen LogP contribution in [0.1, 0.15) is 6.42 Å². The van der Waals surface area contributed by atoms with E-state index in [0.717, 1.165) is 18.8 Å². The molecule has 1 aliphatic heterocycles. The number of ether oxygens (including phenoxy) is 1. The Morgan fingerprint density at radius 1 is 1.17 bits per heavy atom. The lowest BCUT2D eigenvalue weighted by molar-refractivity contribution is -0.116. The van der Waals surface area contributed by atoms with Crippen LogP contribution < -0.4 is 15.6 Å². The van der Waals surface area contributed by atoms with Gasteiger partial charge in [-0.25, -0.2) is 0 Å². The number of nitrogens with zero attached hydrogens (tertiary/aromatic N) is 3. The molecule has 0 unspecified atom stereocenters. The van der Waals surface area contributed by atoms with Crippen molar-refractivity contribution >= 4 is 39.8 Å². The van der Waals surface area contributed by atoms with Crippen LogP contribution in [0.2, 0.25) is 5.02 Å². The third-order valence-electron chi connectivity index (χ3n) is 4.90. The molecule has 0 spiro atoms. The van der Waals surface area contributed by atoms with Gasteiger partial charge in [0.1, 0.15) is 0 Å². The normalized spacial score (nSPS) is 14.2. The third-order valence-corrected chi connectivity index (χ3v) is 5.13. The van der Waals surface area contributed by atoms with Gasteiger partial charge in [0.05, 0.1) is 42.8 Å². The Morgan fingerprint density at radius 2 is 1.97 bits per heavy atom. The average Bonchev–Trinajstić information content (AvgIpc) is 2.74. The second kappa shape index (κ2) is 8.63. The van der Waals surface area contributed by atoms with Gasteiger partial charge in [0.25, 0.3) is 0 Å². The molecule has 1 aromatic heterocycles. The number of hydrogen-bond acceptors (Lipinski definition) is 5. The van der Waals surface area contributed by atoms with Crippen molar-refractivity contribution in [3.8, 4) is 0 Å². The van der Waals surface area contributed by atoms with Crippen LogP contribution in [0.5, 0.6) is 0 Å². The highest BCUT2D eigenvalue weighted by Gasteiger charge is 2.17. The minimum Gasteiger partial charge on any atom is -0.378 e. The standard InChI is InChI=1S/C21H21ClN4O3/c22-15-5-6-19(25-9-11-29-12-10-25)17(13-15)24-21(28)7-8-26-18-4-2-1-3-16(18)20(27)14-23-26/h1-6,13-14H,7-12H2,(H,24,28). The summed E-state index contributed by atoms with van der Waals surface area (Å²) in [5, 5.41) is 8.29. The topological polar surface area (TPSA) is 76.5 Å². The first kappa shape index (κ1) is 19.4. The predicted octanol–water partition coefficient (Wildman–Crippen LogP) is 2.92. The van der Waals surface area contributed by atoms with E-state index in [9.17, 15) is 9.59 Å². The van der Waals surface area contributed by atoms with E-state index in [0.29, 0.717) is 41.4 Å². The van der Waals surface area contributed by atoms with Crippen LogP contribution in [0.25, 0.3) is 10.9 Å². The molecule has 1 aliphatic rings. The van der Waals surface area contributed by atoms with Gasteiger partial charge in [-0.15, -0.1) is 0 Å². The number of aromatic nitrogens is 2. The molecule has 8 heteroatoms. The van der Waals surface area contributed by atoms with Crippen molar-refractivity contribution in [1.82, 2.24) is 9.78 Å². The van der Waals surface area contributed by atoms with Crippen LogP contribution in [-0.4, -0.2) is 42.0 Å². The number of rotatable bonds is 5. The quantitative estimate of drug-likeness (QED) is 0.697. The molecule has 1 fully saturated rings. The third kappa shape index (κ3) is 4.41. The second-order valence-corrected chi connectivity index (χ2v) is 7.24. The van der Waals surface area contributed by atoms with Gasteiger partial charge in [-0.1, -0.05) is 23.7 Å². The van der Waals surface area contributed by atoms with E-state index in [1.54, 1.807) is 16.8 Å². The zero-order valence-corrected chi connectivity index (χ0v) is 16.6. The van der Waals surface area contributed by atoms with E-state index in [2.05, 4.69) is 15.3 Å². The van der Waals surface area contributed by atoms with Crippen molar-refractivity contribution in [3.63, 3.8) is 0 Å². The first-order valence-electron chi connectivity index (χ1n) is 9.49. The molecule has 2 heterocycles. The second-order valence-electron chi connectivity index (χ2n) is 6.81. The Bertz CT molecular complexity index is 1090. The van der Waals surface area contributed by atoms with Crippen molar-refractivity contribution in [2.75, 3.05) is 36.5 Å². The molecule has 0 radical (unpaired) electrons. The lowest BCUT2D eigenvalue weighted by atomic mass is 10.2. The SMILES string of the molecule is O=C(CCn1ncc(=O)c2ccccc21)Nc1cc(Cl)ccc1N1CCOCC1. The summed E-state index contributed by atoms with van der Waals surface area (Å²) in [7, 11) is 0. The summed E-state index contributed by atoms with van der Waals surface area (Å²) in [6.45, 7) is 3.19. The molecule has 0 bridgehead atoms. The highest BCUT2D eigenvalue weighted by molar-refractivity contribution is 6.31. The molecule has 1 N–H and O–H groups in total. The van der Waals surface area contributed by atoms with Gasteiger partial charge in [0.15, 0.2) is 0 Å². The summed E-state index contributed by atoms with van der Waals surface area (Å²) in [5.74, 6) is -0.147. The van der Waals surface area contributed by atoms with Gasteiger partial charge in [0.2, 0.25) is 11.3 Å². The maximum absolute atomic E-state index is 12.6. The predicted molar refractivity (Wildman–Crippen MR) is 114 cm³/mol. The Kier molecular flexibility index (Phi) is 5.78. The molecule has 0 atom stereocenters. The van der Waals surface area contributed by atoms with Gasteiger partial charge in [0, 0.05) is 29.9 Å². The summed E-state index contributed by atoms with van der Waals surface area (Å²) in [6, 6.07) is 12.7. The van der Waals surface area contributed by atoms with Gasteiger partial charge in [-0.3, -0.25) is 14.3 Å². The van der Waals surface area contributed by atoms with E-state index in [4.69, 9.17) is 16.3 Å². The number of benzene rings is 2. The summed E-state index contributed by atoms with van der Waals surface area (Å²) in [4.78, 5) is 26.8. The van der Waals surface area contributed by atoms with Gasteiger partial charge < -0.3 is 15.0 Å². The molecular weight excluding hydrogens is 392 g/mol. The van der Waals surface area contributed by atoms with Crippen LogP contribution in [-0.2, 0) is 16.1 Å². The molecule has 0 saturated carbocycles. The Hall–Kier alpha value is -2.90. The first-order valence-corrected chi connectivity index (χ1v) is 9.86. The number of hydrogen-bond donors (Lipinski definition) is 1. The Morgan fingerprint density at radius 3 is 2.79 bits per heavy atom. The smallest absolute Gasteiger partial charge is 0.226 e. The first-order chi connectivity index (χ1) is 14.1. The van der Waals surface area contributed by atoms with Gasteiger partial charge in [-0.05, 0) is 30.3 Å². The van der Waals surface area contributed by atoms with E-state index in [1.807, 2.05) is 30.3 Å². The number of halogens is 1. The number of carbonyl (C=O) groups excluding carboxylic acids is 1. The van der Waals surface area contributed by atoms with Crippen molar-refractivity contribution in [3.05, 3.63) is 63.9 Å². The molecule has 4 rings (SSSR count). The van der Waals surface area contributed by atoms with E-state index in [-0.39, 0.29) is 17.8 Å².